The molecule has 244 valence electrons. The fraction of sp³-hybridized carbons (Fsp3) is 0.593. The zero-order valence-corrected chi connectivity index (χ0v) is 25.3. The lowest BCUT2D eigenvalue weighted by atomic mass is 10.0. The Morgan fingerprint density at radius 1 is 0.721 bits per heavy atom. The second-order valence-corrected chi connectivity index (χ2v) is 9.92. The summed E-state index contributed by atoms with van der Waals surface area (Å²) in [5, 5.41) is 13.6. The van der Waals surface area contributed by atoms with Gasteiger partial charge >= 0.3 is 5.97 Å². The average Bonchev–Trinajstić information content (AvgIpc) is 2.90. The molecule has 16 heteroatoms. The van der Waals surface area contributed by atoms with Crippen molar-refractivity contribution in [2.75, 3.05) is 13.1 Å². The minimum Gasteiger partial charge on any atom is -0.480 e. The molecule has 0 aromatic rings. The highest BCUT2D eigenvalue weighted by Crippen LogP contribution is 2.08. The monoisotopic (exact) mass is 610 g/mol. The van der Waals surface area contributed by atoms with Gasteiger partial charge in [0.1, 0.15) is 18.1 Å². The number of ketones is 1. The van der Waals surface area contributed by atoms with Crippen molar-refractivity contribution >= 4 is 41.4 Å². The molecule has 0 aromatic carbocycles. The number of hydrogen-bond donors (Lipinski definition) is 9. The quantitative estimate of drug-likeness (QED) is 0.0315. The van der Waals surface area contributed by atoms with Crippen molar-refractivity contribution in [2.24, 2.45) is 44.4 Å². The number of rotatable bonds is 21. The number of nitrogens with one attached hydrogen (secondary N) is 2. The lowest BCUT2D eigenvalue weighted by Crippen LogP contribution is -2.53. The number of amides is 3. The molecule has 0 radical (unpaired) electrons. The summed E-state index contributed by atoms with van der Waals surface area (Å²) in [5.74, 6) is -2.76. The van der Waals surface area contributed by atoms with Gasteiger partial charge in [-0.2, -0.15) is 0 Å². The molecule has 0 rings (SSSR count). The van der Waals surface area contributed by atoms with Crippen LogP contribution in [0, 0.1) is 0 Å². The van der Waals surface area contributed by atoms with E-state index in [1.54, 1.807) is 6.92 Å². The van der Waals surface area contributed by atoms with Crippen molar-refractivity contribution in [3.05, 3.63) is 24.3 Å². The Morgan fingerprint density at radius 2 is 1.23 bits per heavy atom. The summed E-state index contributed by atoms with van der Waals surface area (Å²) in [6.45, 7) is 10.9. The van der Waals surface area contributed by atoms with Crippen molar-refractivity contribution in [1.29, 1.82) is 0 Å². The summed E-state index contributed by atoms with van der Waals surface area (Å²) < 4.78 is 0. The summed E-state index contributed by atoms with van der Waals surface area (Å²) in [5.41, 5.74) is 32.5. The summed E-state index contributed by atoms with van der Waals surface area (Å²) in [7, 11) is 0. The third-order valence-electron chi connectivity index (χ3n) is 5.77. The van der Waals surface area contributed by atoms with E-state index in [9.17, 15) is 24.0 Å². The molecule has 0 fully saturated rings. The van der Waals surface area contributed by atoms with Crippen LogP contribution in [0.1, 0.15) is 71.6 Å². The van der Waals surface area contributed by atoms with Gasteiger partial charge in [0.25, 0.3) is 0 Å². The number of carbonyl (C=O) groups excluding carboxylic acids is 4. The normalized spacial score (nSPS) is 12.2. The number of nitrogens with zero attached hydrogens (tertiary/aromatic N) is 2. The van der Waals surface area contributed by atoms with E-state index in [-0.39, 0.29) is 49.2 Å². The zero-order chi connectivity index (χ0) is 33.5. The average molecular weight is 611 g/mol. The second kappa shape index (κ2) is 23.1. The number of aliphatic imine (C=N–C) groups is 2. The van der Waals surface area contributed by atoms with Gasteiger partial charge in [-0.15, -0.1) is 0 Å². The van der Waals surface area contributed by atoms with Crippen LogP contribution in [0.2, 0.25) is 0 Å². The van der Waals surface area contributed by atoms with Crippen LogP contribution >= 0.6 is 0 Å². The highest BCUT2D eigenvalue weighted by molar-refractivity contribution is 5.97. The van der Waals surface area contributed by atoms with Crippen LogP contribution in [0.15, 0.2) is 34.3 Å². The van der Waals surface area contributed by atoms with Gasteiger partial charge in [-0.05, 0) is 57.9 Å². The smallest absolute Gasteiger partial charge is 0.320 e. The molecule has 0 aromatic heterocycles. The lowest BCUT2D eigenvalue weighted by molar-refractivity contribution is -0.138. The van der Waals surface area contributed by atoms with E-state index >= 15 is 0 Å². The van der Waals surface area contributed by atoms with Gasteiger partial charge < -0.3 is 50.1 Å². The molecule has 16 nitrogen and oxygen atoms in total. The van der Waals surface area contributed by atoms with Gasteiger partial charge in [-0.1, -0.05) is 26.0 Å². The predicted molar refractivity (Wildman–Crippen MR) is 166 cm³/mol. The molecular weight excluding hydrogens is 560 g/mol. The first-order chi connectivity index (χ1) is 20.0. The Kier molecular flexibility index (Phi) is 21.9. The lowest BCUT2D eigenvalue weighted by Gasteiger charge is -2.22. The topological polar surface area (TPSA) is 310 Å². The number of nitrogens with two attached hydrogens (primary N) is 6. The molecule has 0 saturated carbocycles. The van der Waals surface area contributed by atoms with Crippen LogP contribution in [-0.2, 0) is 24.0 Å². The number of Topliss-reactive ketones (excluding diaryl/α,β-unsaturated/α-hetero) is 1. The highest BCUT2D eigenvalue weighted by Gasteiger charge is 2.25. The Labute approximate surface area is 252 Å². The van der Waals surface area contributed by atoms with E-state index < -0.39 is 41.8 Å². The molecule has 0 aliphatic heterocycles. The van der Waals surface area contributed by atoms with E-state index in [0.717, 1.165) is 19.3 Å². The maximum absolute atomic E-state index is 12.6. The number of carboxylic acids is 1. The number of primary amides is 1. The van der Waals surface area contributed by atoms with Crippen LogP contribution in [-0.4, -0.2) is 77.7 Å². The summed E-state index contributed by atoms with van der Waals surface area (Å²) >= 11 is 0. The molecule has 3 unspecified atom stereocenters. The van der Waals surface area contributed by atoms with Crippen LogP contribution in [0.3, 0.4) is 0 Å². The van der Waals surface area contributed by atoms with Crippen LogP contribution in [0.5, 0.6) is 0 Å². The van der Waals surface area contributed by atoms with Crippen molar-refractivity contribution in [2.45, 2.75) is 89.8 Å². The maximum Gasteiger partial charge on any atom is 0.320 e. The number of carbonyl (C=O) groups is 5. The van der Waals surface area contributed by atoms with Gasteiger partial charge in [-0.25, -0.2) is 0 Å². The van der Waals surface area contributed by atoms with Gasteiger partial charge in [0.2, 0.25) is 17.7 Å². The van der Waals surface area contributed by atoms with Crippen LogP contribution in [0.4, 0.5) is 0 Å². The minimum absolute atomic E-state index is 0.0667. The van der Waals surface area contributed by atoms with Crippen molar-refractivity contribution in [3.8, 4) is 0 Å². The largest absolute Gasteiger partial charge is 0.480 e. The number of guanidine groups is 2. The molecular formula is C27H50N10O6. The zero-order valence-electron chi connectivity index (χ0n) is 25.3. The molecule has 3 amide bonds. The predicted octanol–water partition coefficient (Wildman–Crippen LogP) is -1.38. The molecule has 0 heterocycles. The number of unbranched alkanes of at least 4 members (excludes halogenated alkanes) is 2. The fourth-order valence-corrected chi connectivity index (χ4v) is 3.28. The van der Waals surface area contributed by atoms with E-state index in [2.05, 4.69) is 33.8 Å². The minimum atomic E-state index is -0.965. The Balaban J connectivity index is 0. The SMILES string of the molecule is C=C(C)C(=O)CCCCCC(N)C(=O)O.C=C(C)C(=O)NC(CCCN=C(N)N)C(=O)NC(CCCN=C(N)N)C(N)=O. The van der Waals surface area contributed by atoms with Gasteiger partial charge in [-0.3, -0.25) is 34.0 Å². The van der Waals surface area contributed by atoms with Gasteiger partial charge in [0.15, 0.2) is 17.7 Å². The standard InChI is InChI=1S/C16H31N9O3.C11H19NO3/c1-9(2)13(27)25-11(6-4-8-23-16(20)21)14(28)24-10(12(17)26)5-3-7-22-15(18)19;1-8(2)10(13)7-5-3-4-6-9(12)11(14)15/h10-11H,1,3-8H2,2H3,(H2,17,26)(H,24,28)(H,25,27)(H4,18,19,22)(H4,20,21,23);9H,1,3-7,12H2,2H3,(H,14,15). The molecule has 0 saturated heterocycles. The third-order valence-corrected chi connectivity index (χ3v) is 5.77. The van der Waals surface area contributed by atoms with Gasteiger partial charge in [0.05, 0.1) is 0 Å². The Morgan fingerprint density at radius 3 is 1.65 bits per heavy atom. The molecule has 43 heavy (non-hydrogen) atoms. The number of hydrogen-bond acceptors (Lipinski definition) is 8. The highest BCUT2D eigenvalue weighted by atomic mass is 16.4. The summed E-state index contributed by atoms with van der Waals surface area (Å²) in [6.07, 6.45) is 4.68. The van der Waals surface area contributed by atoms with E-state index in [1.807, 2.05) is 0 Å². The first kappa shape index (κ1) is 40.7. The molecule has 3 atom stereocenters. The van der Waals surface area contributed by atoms with Crippen LogP contribution < -0.4 is 45.0 Å². The van der Waals surface area contributed by atoms with Crippen molar-refractivity contribution in [1.82, 2.24) is 10.6 Å². The van der Waals surface area contributed by atoms with Crippen LogP contribution in [0.25, 0.3) is 0 Å². The number of aliphatic carboxylic acids is 1. The first-order valence-corrected chi connectivity index (χ1v) is 13.8. The number of carboxylic acid groups (broad SMARTS) is 1. The van der Waals surface area contributed by atoms with Gasteiger partial charge in [0, 0.05) is 25.1 Å². The molecule has 0 aliphatic carbocycles. The number of allylic oxidation sites excluding steroid dienone is 1. The van der Waals surface area contributed by atoms with E-state index in [0.29, 0.717) is 31.3 Å². The Bertz CT molecular complexity index is 1020. The molecule has 0 spiro atoms. The van der Waals surface area contributed by atoms with E-state index in [4.69, 9.17) is 39.5 Å². The second-order valence-electron chi connectivity index (χ2n) is 9.92. The Hall–Kier alpha value is -4.47. The van der Waals surface area contributed by atoms with Crippen molar-refractivity contribution in [3.63, 3.8) is 0 Å². The van der Waals surface area contributed by atoms with Crippen molar-refractivity contribution < 1.29 is 29.1 Å². The molecule has 15 N–H and O–H groups in total. The molecule has 0 aliphatic rings. The first-order valence-electron chi connectivity index (χ1n) is 13.8. The van der Waals surface area contributed by atoms with E-state index in [1.165, 1.54) is 6.92 Å². The summed E-state index contributed by atoms with van der Waals surface area (Å²) in [6, 6.07) is -2.61. The molecule has 0 bridgehead atoms. The summed E-state index contributed by atoms with van der Waals surface area (Å²) in [4.78, 5) is 65.2. The fourth-order valence-electron chi connectivity index (χ4n) is 3.28. The maximum atomic E-state index is 12.6. The third kappa shape index (κ3) is 22.9.